The molecular formula is C13H12ClNO. The van der Waals surface area contributed by atoms with Gasteiger partial charge in [-0.15, -0.1) is 0 Å². The molecule has 1 heterocycles. The number of aryl methyl sites for hydroxylation is 2. The fraction of sp³-hybridized carbons (Fsp3) is 0.308. The average molecular weight is 234 g/mol. The summed E-state index contributed by atoms with van der Waals surface area (Å²) >= 11 is 6.07. The largest absolute Gasteiger partial charge is 0.358 e. The number of pyridine rings is 1. The van der Waals surface area contributed by atoms with Crippen LogP contribution >= 0.6 is 11.6 Å². The summed E-state index contributed by atoms with van der Waals surface area (Å²) in [6, 6.07) is 3.62. The van der Waals surface area contributed by atoms with Crippen LogP contribution < -0.4 is 5.43 Å². The molecule has 16 heavy (non-hydrogen) atoms. The van der Waals surface area contributed by atoms with Crippen molar-refractivity contribution in [3.8, 4) is 0 Å². The van der Waals surface area contributed by atoms with Crippen molar-refractivity contribution in [2.45, 2.75) is 26.2 Å². The van der Waals surface area contributed by atoms with Crippen molar-refractivity contribution in [2.75, 3.05) is 0 Å². The zero-order valence-corrected chi connectivity index (χ0v) is 9.82. The van der Waals surface area contributed by atoms with Crippen molar-refractivity contribution < 1.29 is 0 Å². The summed E-state index contributed by atoms with van der Waals surface area (Å²) < 4.78 is 0. The van der Waals surface area contributed by atoms with E-state index in [0.717, 1.165) is 47.0 Å². The predicted octanol–water partition coefficient (Wildman–Crippen LogP) is 2.98. The number of hydrogen-bond acceptors (Lipinski definition) is 1. The van der Waals surface area contributed by atoms with E-state index in [1.54, 1.807) is 6.07 Å². The molecule has 0 fully saturated rings. The maximum atomic E-state index is 12.2. The molecule has 1 aliphatic carbocycles. The molecule has 0 spiro atoms. The van der Waals surface area contributed by atoms with Crippen LogP contribution in [0.4, 0.5) is 0 Å². The van der Waals surface area contributed by atoms with Crippen LogP contribution in [0.5, 0.6) is 0 Å². The normalized spacial score (nSPS) is 14.4. The van der Waals surface area contributed by atoms with E-state index in [4.69, 9.17) is 11.6 Å². The number of fused-ring (bicyclic) bond motifs is 2. The van der Waals surface area contributed by atoms with Crippen LogP contribution in [0, 0.1) is 6.92 Å². The third kappa shape index (κ3) is 1.23. The lowest BCUT2D eigenvalue weighted by Gasteiger charge is -2.07. The highest BCUT2D eigenvalue weighted by Gasteiger charge is 2.18. The van der Waals surface area contributed by atoms with E-state index in [2.05, 4.69) is 4.98 Å². The highest BCUT2D eigenvalue weighted by Crippen LogP contribution is 2.25. The summed E-state index contributed by atoms with van der Waals surface area (Å²) in [5.41, 5.74) is 4.11. The molecule has 0 unspecified atom stereocenters. The Morgan fingerprint density at radius 3 is 2.94 bits per heavy atom. The molecule has 0 saturated heterocycles. The zero-order valence-electron chi connectivity index (χ0n) is 9.06. The number of aromatic nitrogens is 1. The first-order valence-corrected chi connectivity index (χ1v) is 5.89. The Balaban J connectivity index is 2.51. The molecule has 82 valence electrons. The molecule has 2 aromatic rings. The van der Waals surface area contributed by atoms with Crippen molar-refractivity contribution >= 4 is 22.5 Å². The lowest BCUT2D eigenvalue weighted by Crippen LogP contribution is -2.11. The maximum Gasteiger partial charge on any atom is 0.192 e. The van der Waals surface area contributed by atoms with E-state index in [1.165, 1.54) is 0 Å². The minimum absolute atomic E-state index is 0.181. The van der Waals surface area contributed by atoms with Gasteiger partial charge >= 0.3 is 0 Å². The second-order valence-electron chi connectivity index (χ2n) is 4.36. The van der Waals surface area contributed by atoms with E-state index >= 15 is 0 Å². The number of nitrogens with one attached hydrogen (secondary N) is 1. The quantitative estimate of drug-likeness (QED) is 0.746. The van der Waals surface area contributed by atoms with Crippen molar-refractivity contribution in [1.82, 2.24) is 4.98 Å². The van der Waals surface area contributed by atoms with Gasteiger partial charge in [0.15, 0.2) is 5.43 Å². The predicted molar refractivity (Wildman–Crippen MR) is 66.3 cm³/mol. The van der Waals surface area contributed by atoms with Crippen LogP contribution in [0.3, 0.4) is 0 Å². The van der Waals surface area contributed by atoms with Gasteiger partial charge in [0.05, 0.1) is 5.52 Å². The smallest absolute Gasteiger partial charge is 0.192 e. The first-order chi connectivity index (χ1) is 7.68. The SMILES string of the molecule is Cc1c(Cl)ccc2c(=O)c3c([nH]c12)CCC3. The molecule has 1 aromatic heterocycles. The second-order valence-corrected chi connectivity index (χ2v) is 4.77. The lowest BCUT2D eigenvalue weighted by molar-refractivity contribution is 0.900. The van der Waals surface area contributed by atoms with Crippen LogP contribution in [-0.2, 0) is 12.8 Å². The van der Waals surface area contributed by atoms with Crippen molar-refractivity contribution in [1.29, 1.82) is 0 Å². The van der Waals surface area contributed by atoms with E-state index in [0.29, 0.717) is 5.02 Å². The molecule has 0 bridgehead atoms. The van der Waals surface area contributed by atoms with E-state index in [9.17, 15) is 4.79 Å². The Kier molecular flexibility index (Phi) is 2.08. The summed E-state index contributed by atoms with van der Waals surface area (Å²) in [4.78, 5) is 15.6. The summed E-state index contributed by atoms with van der Waals surface area (Å²) in [6.07, 6.45) is 2.96. The minimum Gasteiger partial charge on any atom is -0.358 e. The molecule has 1 N–H and O–H groups in total. The van der Waals surface area contributed by atoms with Crippen molar-refractivity contribution in [3.63, 3.8) is 0 Å². The Morgan fingerprint density at radius 1 is 1.31 bits per heavy atom. The highest BCUT2D eigenvalue weighted by atomic mass is 35.5. The van der Waals surface area contributed by atoms with Crippen LogP contribution in [0.25, 0.3) is 10.9 Å². The Labute approximate surface area is 98.3 Å². The van der Waals surface area contributed by atoms with Gasteiger partial charge in [-0.3, -0.25) is 4.79 Å². The van der Waals surface area contributed by atoms with Gasteiger partial charge in [0, 0.05) is 21.7 Å². The topological polar surface area (TPSA) is 32.9 Å². The number of halogens is 1. The van der Waals surface area contributed by atoms with Gasteiger partial charge in [-0.1, -0.05) is 11.6 Å². The van der Waals surface area contributed by atoms with E-state index < -0.39 is 0 Å². The van der Waals surface area contributed by atoms with Crippen LogP contribution in [0.2, 0.25) is 5.02 Å². The number of hydrogen-bond donors (Lipinski definition) is 1. The Bertz CT molecular complexity index is 642. The lowest BCUT2D eigenvalue weighted by atomic mass is 10.1. The monoisotopic (exact) mass is 233 g/mol. The summed E-state index contributed by atoms with van der Waals surface area (Å²) in [7, 11) is 0. The van der Waals surface area contributed by atoms with Gasteiger partial charge < -0.3 is 4.98 Å². The molecule has 0 aliphatic heterocycles. The van der Waals surface area contributed by atoms with Gasteiger partial charge in [-0.05, 0) is 43.9 Å². The van der Waals surface area contributed by atoms with Gasteiger partial charge in [0.25, 0.3) is 0 Å². The molecule has 3 heteroatoms. The van der Waals surface area contributed by atoms with Gasteiger partial charge in [-0.25, -0.2) is 0 Å². The fourth-order valence-corrected chi connectivity index (χ4v) is 2.64. The van der Waals surface area contributed by atoms with E-state index in [-0.39, 0.29) is 5.43 Å². The van der Waals surface area contributed by atoms with Gasteiger partial charge in [0.1, 0.15) is 0 Å². The van der Waals surface area contributed by atoms with Crippen LogP contribution in [0.15, 0.2) is 16.9 Å². The molecule has 2 nitrogen and oxygen atoms in total. The molecule has 1 aliphatic rings. The first kappa shape index (κ1) is 9.91. The summed E-state index contributed by atoms with van der Waals surface area (Å²) in [5.74, 6) is 0. The molecule has 0 atom stereocenters. The highest BCUT2D eigenvalue weighted by molar-refractivity contribution is 6.32. The minimum atomic E-state index is 0.181. The van der Waals surface area contributed by atoms with Crippen LogP contribution in [-0.4, -0.2) is 4.98 Å². The number of H-pyrrole nitrogens is 1. The van der Waals surface area contributed by atoms with Crippen molar-refractivity contribution in [2.24, 2.45) is 0 Å². The van der Waals surface area contributed by atoms with E-state index in [1.807, 2.05) is 13.0 Å². The maximum absolute atomic E-state index is 12.2. The standard InChI is InChI=1S/C13H12ClNO/c1-7-10(14)6-5-9-12(7)15-11-4-2-3-8(11)13(9)16/h5-6H,2-4H2,1H3,(H,15,16). The third-order valence-electron chi connectivity index (χ3n) is 3.41. The number of benzene rings is 1. The number of aromatic amines is 1. The molecular weight excluding hydrogens is 222 g/mol. The molecule has 0 amide bonds. The zero-order chi connectivity index (χ0) is 11.3. The second kappa shape index (κ2) is 3.36. The third-order valence-corrected chi connectivity index (χ3v) is 3.82. The Hall–Kier alpha value is -1.28. The van der Waals surface area contributed by atoms with Gasteiger partial charge in [0.2, 0.25) is 0 Å². The summed E-state index contributed by atoms with van der Waals surface area (Å²) in [5, 5.41) is 1.48. The first-order valence-electron chi connectivity index (χ1n) is 5.51. The molecule has 1 aromatic carbocycles. The molecule has 0 radical (unpaired) electrons. The average Bonchev–Trinajstić information content (AvgIpc) is 2.73. The van der Waals surface area contributed by atoms with Crippen molar-refractivity contribution in [3.05, 3.63) is 44.2 Å². The summed E-state index contributed by atoms with van der Waals surface area (Å²) in [6.45, 7) is 1.95. The van der Waals surface area contributed by atoms with Crippen LogP contribution in [0.1, 0.15) is 23.2 Å². The Morgan fingerprint density at radius 2 is 2.12 bits per heavy atom. The molecule has 3 rings (SSSR count). The molecule has 0 saturated carbocycles. The van der Waals surface area contributed by atoms with Gasteiger partial charge in [-0.2, -0.15) is 0 Å². The fourth-order valence-electron chi connectivity index (χ4n) is 2.48. The number of rotatable bonds is 0.